The fourth-order valence-corrected chi connectivity index (χ4v) is 3.31. The van der Waals surface area contributed by atoms with Crippen molar-refractivity contribution in [3.63, 3.8) is 0 Å². The number of nitrogens with one attached hydrogen (secondary N) is 2. The molecule has 0 unspecified atom stereocenters. The SMILES string of the molecule is COCc1cc2cnc(NC3CCN(SC)CC3)nc2[nH]c1=O. The number of aromatic nitrogens is 3. The first kappa shape index (κ1) is 16.2. The van der Waals surface area contributed by atoms with E-state index < -0.39 is 0 Å². The topological polar surface area (TPSA) is 83.1 Å². The van der Waals surface area contributed by atoms with E-state index in [0.717, 1.165) is 31.3 Å². The largest absolute Gasteiger partial charge is 0.380 e. The Hall–Kier alpha value is -1.64. The number of anilines is 1. The number of hydrogen-bond donors (Lipinski definition) is 2. The van der Waals surface area contributed by atoms with Gasteiger partial charge < -0.3 is 15.0 Å². The zero-order chi connectivity index (χ0) is 16.2. The van der Waals surface area contributed by atoms with Crippen LogP contribution in [-0.4, -0.2) is 51.8 Å². The van der Waals surface area contributed by atoms with E-state index in [2.05, 4.69) is 30.8 Å². The van der Waals surface area contributed by atoms with E-state index in [9.17, 15) is 4.79 Å². The van der Waals surface area contributed by atoms with Crippen molar-refractivity contribution >= 4 is 28.9 Å². The molecule has 2 aromatic rings. The maximum absolute atomic E-state index is 12.0. The van der Waals surface area contributed by atoms with E-state index >= 15 is 0 Å². The summed E-state index contributed by atoms with van der Waals surface area (Å²) in [5.74, 6) is 0.565. The van der Waals surface area contributed by atoms with Gasteiger partial charge in [-0.15, -0.1) is 0 Å². The standard InChI is InChI=1S/C15H21N5O2S/c1-22-9-11-7-10-8-16-15(19-13(10)18-14(11)21)17-12-3-5-20(23-2)6-4-12/h7-8,12H,3-6,9H2,1-2H3,(H2,16,17,18,19,21). The lowest BCUT2D eigenvalue weighted by Crippen LogP contribution is -2.35. The molecule has 1 saturated heterocycles. The van der Waals surface area contributed by atoms with Crippen LogP contribution in [-0.2, 0) is 11.3 Å². The van der Waals surface area contributed by atoms with Crippen molar-refractivity contribution < 1.29 is 4.74 Å². The third-order valence-electron chi connectivity index (χ3n) is 4.02. The van der Waals surface area contributed by atoms with Gasteiger partial charge in [0.05, 0.1) is 6.61 Å². The summed E-state index contributed by atoms with van der Waals surface area (Å²) >= 11 is 1.79. The van der Waals surface area contributed by atoms with Crippen LogP contribution in [0.25, 0.3) is 11.0 Å². The van der Waals surface area contributed by atoms with E-state index in [4.69, 9.17) is 4.74 Å². The van der Waals surface area contributed by atoms with Crippen LogP contribution in [0, 0.1) is 0 Å². The van der Waals surface area contributed by atoms with Crippen LogP contribution in [0.15, 0.2) is 17.1 Å². The molecule has 3 heterocycles. The quantitative estimate of drug-likeness (QED) is 0.803. The summed E-state index contributed by atoms with van der Waals surface area (Å²) in [7, 11) is 1.56. The molecule has 23 heavy (non-hydrogen) atoms. The third kappa shape index (κ3) is 3.82. The van der Waals surface area contributed by atoms with Gasteiger partial charge in [0.15, 0.2) is 0 Å². The molecule has 1 fully saturated rings. The van der Waals surface area contributed by atoms with Gasteiger partial charge in [-0.3, -0.25) is 9.10 Å². The monoisotopic (exact) mass is 335 g/mol. The second kappa shape index (κ2) is 7.29. The Labute approximate surface area is 139 Å². The first-order valence-corrected chi connectivity index (χ1v) is 8.81. The molecule has 124 valence electrons. The molecule has 0 aliphatic carbocycles. The van der Waals surface area contributed by atoms with Crippen molar-refractivity contribution in [2.24, 2.45) is 0 Å². The van der Waals surface area contributed by atoms with E-state index in [1.165, 1.54) is 0 Å². The van der Waals surface area contributed by atoms with Crippen LogP contribution in [0.1, 0.15) is 18.4 Å². The van der Waals surface area contributed by atoms with Crippen LogP contribution in [0.3, 0.4) is 0 Å². The highest BCUT2D eigenvalue weighted by Gasteiger charge is 2.19. The predicted octanol–water partition coefficient (Wildman–Crippen LogP) is 1.62. The molecule has 0 atom stereocenters. The molecule has 3 rings (SSSR count). The molecule has 7 nitrogen and oxygen atoms in total. The molecule has 8 heteroatoms. The fourth-order valence-electron chi connectivity index (χ4n) is 2.74. The molecule has 0 saturated carbocycles. The van der Waals surface area contributed by atoms with Crippen molar-refractivity contribution in [3.8, 4) is 0 Å². The molecule has 1 aliphatic heterocycles. The number of hydrogen-bond acceptors (Lipinski definition) is 7. The second-order valence-electron chi connectivity index (χ2n) is 5.58. The van der Waals surface area contributed by atoms with Crippen LogP contribution >= 0.6 is 11.9 Å². The van der Waals surface area contributed by atoms with Gasteiger partial charge in [-0.2, -0.15) is 4.98 Å². The smallest absolute Gasteiger partial charge is 0.255 e. The Balaban J connectivity index is 1.75. The number of piperidine rings is 1. The highest BCUT2D eigenvalue weighted by molar-refractivity contribution is 7.96. The number of methoxy groups -OCH3 is 1. The zero-order valence-corrected chi connectivity index (χ0v) is 14.2. The lowest BCUT2D eigenvalue weighted by atomic mass is 10.1. The summed E-state index contributed by atoms with van der Waals surface area (Å²) in [5, 5.41) is 4.18. The summed E-state index contributed by atoms with van der Waals surface area (Å²) in [6.07, 6.45) is 5.96. The molecular formula is C15H21N5O2S. The van der Waals surface area contributed by atoms with Crippen LogP contribution in [0.2, 0.25) is 0 Å². The van der Waals surface area contributed by atoms with Crippen molar-refractivity contribution in [2.75, 3.05) is 31.8 Å². The minimum absolute atomic E-state index is 0.169. The van der Waals surface area contributed by atoms with E-state index in [-0.39, 0.29) is 12.2 Å². The lowest BCUT2D eigenvalue weighted by Gasteiger charge is -2.30. The molecule has 1 aliphatic rings. The van der Waals surface area contributed by atoms with Crippen LogP contribution in [0.4, 0.5) is 5.95 Å². The van der Waals surface area contributed by atoms with Gasteiger partial charge in [0.1, 0.15) is 5.65 Å². The average molecular weight is 335 g/mol. The lowest BCUT2D eigenvalue weighted by molar-refractivity contribution is 0.184. The van der Waals surface area contributed by atoms with Gasteiger partial charge in [-0.25, -0.2) is 4.98 Å². The summed E-state index contributed by atoms with van der Waals surface area (Å²) in [5.41, 5.74) is 0.958. The third-order valence-corrected chi connectivity index (χ3v) is 4.90. The molecule has 2 N–H and O–H groups in total. The van der Waals surface area contributed by atoms with Gasteiger partial charge in [-0.05, 0) is 25.2 Å². The summed E-state index contributed by atoms with van der Waals surface area (Å²) in [6.45, 7) is 2.40. The maximum atomic E-state index is 12.0. The van der Waals surface area contributed by atoms with Crippen molar-refractivity contribution in [2.45, 2.75) is 25.5 Å². The molecule has 0 spiro atoms. The molecule has 0 bridgehead atoms. The molecule has 0 amide bonds. The first-order chi connectivity index (χ1) is 11.2. The van der Waals surface area contributed by atoms with Gasteiger partial charge in [-0.1, -0.05) is 11.9 Å². The number of H-pyrrole nitrogens is 1. The second-order valence-corrected chi connectivity index (χ2v) is 6.47. The predicted molar refractivity (Wildman–Crippen MR) is 92.6 cm³/mol. The molecular weight excluding hydrogens is 314 g/mol. The van der Waals surface area contributed by atoms with E-state index in [1.54, 1.807) is 31.3 Å². The Morgan fingerprint density at radius 3 is 2.96 bits per heavy atom. The van der Waals surface area contributed by atoms with Crippen LogP contribution in [0.5, 0.6) is 0 Å². The van der Waals surface area contributed by atoms with Crippen molar-refractivity contribution in [1.82, 2.24) is 19.3 Å². The number of rotatable bonds is 5. The Morgan fingerprint density at radius 1 is 1.48 bits per heavy atom. The van der Waals surface area contributed by atoms with Crippen LogP contribution < -0.4 is 10.9 Å². The van der Waals surface area contributed by atoms with Gasteiger partial charge >= 0.3 is 0 Å². The van der Waals surface area contributed by atoms with Gasteiger partial charge in [0.25, 0.3) is 5.56 Å². The summed E-state index contributed by atoms with van der Waals surface area (Å²) < 4.78 is 7.38. The fraction of sp³-hybridized carbons (Fsp3) is 0.533. The number of ether oxygens (including phenoxy) is 1. The Kier molecular flexibility index (Phi) is 5.14. The maximum Gasteiger partial charge on any atom is 0.255 e. The minimum atomic E-state index is -0.169. The first-order valence-electron chi connectivity index (χ1n) is 7.63. The Morgan fingerprint density at radius 2 is 2.26 bits per heavy atom. The molecule has 2 aromatic heterocycles. The van der Waals surface area contributed by atoms with E-state index in [1.807, 2.05) is 0 Å². The zero-order valence-electron chi connectivity index (χ0n) is 13.3. The Bertz CT molecular complexity index is 727. The minimum Gasteiger partial charge on any atom is -0.380 e. The number of aromatic amines is 1. The highest BCUT2D eigenvalue weighted by atomic mass is 32.2. The van der Waals surface area contributed by atoms with Gasteiger partial charge in [0.2, 0.25) is 5.95 Å². The normalized spacial score (nSPS) is 16.8. The average Bonchev–Trinajstić information content (AvgIpc) is 2.57. The van der Waals surface area contributed by atoms with Crippen molar-refractivity contribution in [3.05, 3.63) is 28.2 Å². The summed E-state index contributed by atoms with van der Waals surface area (Å²) in [4.78, 5) is 23.6. The van der Waals surface area contributed by atoms with E-state index in [0.29, 0.717) is 23.2 Å². The van der Waals surface area contributed by atoms with Gasteiger partial charge in [0, 0.05) is 43.4 Å². The number of pyridine rings is 1. The number of fused-ring (bicyclic) bond motifs is 1. The highest BCUT2D eigenvalue weighted by Crippen LogP contribution is 2.19. The number of nitrogens with zero attached hydrogens (tertiary/aromatic N) is 3. The molecule has 0 aromatic carbocycles. The molecule has 0 radical (unpaired) electrons. The summed E-state index contributed by atoms with van der Waals surface area (Å²) in [6, 6.07) is 2.15. The van der Waals surface area contributed by atoms with Crippen molar-refractivity contribution in [1.29, 1.82) is 0 Å².